The van der Waals surface area contributed by atoms with Crippen LogP contribution in [-0.4, -0.2) is 24.1 Å². The van der Waals surface area contributed by atoms with Crippen molar-refractivity contribution in [3.05, 3.63) is 15.3 Å². The molecule has 1 aliphatic heterocycles. The van der Waals surface area contributed by atoms with Gasteiger partial charge in [-0.25, -0.2) is 4.79 Å². The number of carbonyl (C=O) groups is 2. The number of carbonyl (C=O) groups excluding carboxylic acids is 2. The van der Waals surface area contributed by atoms with Gasteiger partial charge in [-0.2, -0.15) is 0 Å². The average Bonchev–Trinajstić information content (AvgIpc) is 2.74. The van der Waals surface area contributed by atoms with Crippen LogP contribution in [0.25, 0.3) is 0 Å². The van der Waals surface area contributed by atoms with Gasteiger partial charge >= 0.3 is 5.97 Å². The van der Waals surface area contributed by atoms with Gasteiger partial charge in [0.15, 0.2) is 0 Å². The summed E-state index contributed by atoms with van der Waals surface area (Å²) in [6.45, 7) is 8.01. The first-order chi connectivity index (χ1) is 9.91. The number of hydrogen-bond donors (Lipinski definition) is 2. The third-order valence-corrected chi connectivity index (χ3v) is 4.68. The Morgan fingerprint density at radius 2 is 2.05 bits per heavy atom. The zero-order valence-electron chi connectivity index (χ0n) is 13.0. The highest BCUT2D eigenvalue weighted by molar-refractivity contribution is 7.15. The van der Waals surface area contributed by atoms with Gasteiger partial charge in [0.2, 0.25) is 0 Å². The van der Waals surface area contributed by atoms with Crippen molar-refractivity contribution in [3.8, 4) is 0 Å². The van der Waals surface area contributed by atoms with Crippen LogP contribution in [0.4, 0.5) is 5.69 Å². The van der Waals surface area contributed by atoms with E-state index in [1.807, 2.05) is 13.8 Å². The Hall–Kier alpha value is -1.56. The molecule has 1 aromatic heterocycles. The van der Waals surface area contributed by atoms with Crippen LogP contribution < -0.4 is 10.6 Å². The van der Waals surface area contributed by atoms with Gasteiger partial charge in [-0.05, 0) is 33.6 Å². The van der Waals surface area contributed by atoms with E-state index in [0.29, 0.717) is 22.7 Å². The minimum Gasteiger partial charge on any atom is -0.462 e. The highest BCUT2D eigenvalue weighted by Crippen LogP contribution is 2.38. The van der Waals surface area contributed by atoms with Crippen molar-refractivity contribution in [1.82, 2.24) is 5.32 Å². The molecule has 5 nitrogen and oxygen atoms in total. The molecule has 0 aromatic carbocycles. The molecule has 6 heteroatoms. The minimum atomic E-state index is -0.519. The zero-order valence-corrected chi connectivity index (χ0v) is 13.8. The number of amides is 1. The van der Waals surface area contributed by atoms with Crippen molar-refractivity contribution in [2.75, 3.05) is 11.9 Å². The molecule has 0 bridgehead atoms. The largest absolute Gasteiger partial charge is 0.462 e. The summed E-state index contributed by atoms with van der Waals surface area (Å²) in [6.07, 6.45) is 2.86. The van der Waals surface area contributed by atoms with Crippen LogP contribution in [0.5, 0.6) is 0 Å². The molecule has 1 amide bonds. The Kier molecular flexibility index (Phi) is 4.56. The molecule has 1 aliphatic rings. The van der Waals surface area contributed by atoms with E-state index in [1.54, 1.807) is 6.92 Å². The highest BCUT2D eigenvalue weighted by Gasteiger charge is 2.38. The summed E-state index contributed by atoms with van der Waals surface area (Å²) in [5.74, 6) is -0.487. The Morgan fingerprint density at radius 3 is 2.67 bits per heavy atom. The fourth-order valence-electron chi connectivity index (χ4n) is 2.55. The number of hydrogen-bond acceptors (Lipinski definition) is 5. The molecule has 0 fully saturated rings. The van der Waals surface area contributed by atoms with Crippen molar-refractivity contribution in [2.24, 2.45) is 0 Å². The first-order valence-electron chi connectivity index (χ1n) is 7.33. The van der Waals surface area contributed by atoms with Crippen LogP contribution in [0.3, 0.4) is 0 Å². The van der Waals surface area contributed by atoms with Gasteiger partial charge in [0.05, 0.1) is 17.9 Å². The van der Waals surface area contributed by atoms with Crippen molar-refractivity contribution in [3.63, 3.8) is 0 Å². The second kappa shape index (κ2) is 6.05. The van der Waals surface area contributed by atoms with Crippen LogP contribution in [0.1, 0.15) is 64.9 Å². The minimum absolute atomic E-state index is 0.119. The molecule has 116 valence electrons. The number of esters is 1. The third-order valence-electron chi connectivity index (χ3n) is 3.59. The maximum Gasteiger partial charge on any atom is 0.350 e. The second-order valence-electron chi connectivity index (χ2n) is 5.47. The molecule has 0 aliphatic carbocycles. The SMILES string of the molecule is CCCC[C@]1(C)NC(=O)c2c(C)sc(C(=O)OCC)c2N1. The molecule has 0 unspecified atom stereocenters. The normalized spacial score (nSPS) is 20.5. The first-order valence-corrected chi connectivity index (χ1v) is 8.14. The van der Waals surface area contributed by atoms with E-state index >= 15 is 0 Å². The van der Waals surface area contributed by atoms with Crippen molar-refractivity contribution in [1.29, 1.82) is 0 Å². The van der Waals surface area contributed by atoms with Crippen molar-refractivity contribution < 1.29 is 14.3 Å². The molecule has 2 rings (SSSR count). The number of fused-ring (bicyclic) bond motifs is 1. The molecule has 0 saturated heterocycles. The van der Waals surface area contributed by atoms with Gasteiger partial charge in [0.25, 0.3) is 5.91 Å². The van der Waals surface area contributed by atoms with E-state index in [9.17, 15) is 9.59 Å². The number of anilines is 1. The third kappa shape index (κ3) is 3.05. The number of thiophene rings is 1. The lowest BCUT2D eigenvalue weighted by Crippen LogP contribution is -2.55. The van der Waals surface area contributed by atoms with Gasteiger partial charge in [0.1, 0.15) is 10.5 Å². The summed E-state index contributed by atoms with van der Waals surface area (Å²) in [7, 11) is 0. The fourth-order valence-corrected chi connectivity index (χ4v) is 3.55. The summed E-state index contributed by atoms with van der Waals surface area (Å²) >= 11 is 1.31. The van der Waals surface area contributed by atoms with E-state index in [2.05, 4.69) is 17.6 Å². The molecule has 1 aromatic rings. The van der Waals surface area contributed by atoms with Crippen molar-refractivity contribution >= 4 is 28.9 Å². The maximum absolute atomic E-state index is 12.4. The summed E-state index contributed by atoms with van der Waals surface area (Å²) in [5.41, 5.74) is 0.671. The van der Waals surface area contributed by atoms with Crippen LogP contribution in [0, 0.1) is 6.92 Å². The van der Waals surface area contributed by atoms with Crippen LogP contribution in [0.15, 0.2) is 0 Å². The molecule has 2 N–H and O–H groups in total. The van der Waals surface area contributed by atoms with E-state index in [1.165, 1.54) is 11.3 Å². The predicted molar refractivity (Wildman–Crippen MR) is 84.0 cm³/mol. The molecule has 0 saturated carbocycles. The monoisotopic (exact) mass is 310 g/mol. The number of nitrogens with one attached hydrogen (secondary N) is 2. The summed E-state index contributed by atoms with van der Waals surface area (Å²) in [5, 5.41) is 6.36. The standard InChI is InChI=1S/C15H22N2O3S/c1-5-7-8-15(4)16-11-10(13(18)17-15)9(3)21-12(11)14(19)20-6-2/h16H,5-8H2,1-4H3,(H,17,18)/t15-/m0/s1. The topological polar surface area (TPSA) is 67.4 Å². The molecular formula is C15H22N2O3S. The predicted octanol–water partition coefficient (Wildman–Crippen LogP) is 3.29. The number of rotatable bonds is 5. The summed E-state index contributed by atoms with van der Waals surface area (Å²) in [4.78, 5) is 25.8. The summed E-state index contributed by atoms with van der Waals surface area (Å²) in [6, 6.07) is 0. The first kappa shape index (κ1) is 15.8. The lowest BCUT2D eigenvalue weighted by atomic mass is 9.99. The van der Waals surface area contributed by atoms with Crippen molar-refractivity contribution in [2.45, 2.75) is 52.6 Å². The molecule has 2 heterocycles. The van der Waals surface area contributed by atoms with Crippen LogP contribution in [0.2, 0.25) is 0 Å². The van der Waals surface area contributed by atoms with E-state index < -0.39 is 5.66 Å². The number of unbranched alkanes of at least 4 members (excludes halogenated alkanes) is 1. The molecular weight excluding hydrogens is 288 g/mol. The smallest absolute Gasteiger partial charge is 0.350 e. The summed E-state index contributed by atoms with van der Waals surface area (Å²) < 4.78 is 5.09. The fraction of sp³-hybridized carbons (Fsp3) is 0.600. The Labute approximate surface area is 129 Å². The van der Waals surface area contributed by atoms with E-state index in [0.717, 1.165) is 24.1 Å². The quantitative estimate of drug-likeness (QED) is 0.819. The average molecular weight is 310 g/mol. The van der Waals surface area contributed by atoms with Gasteiger partial charge in [0, 0.05) is 4.88 Å². The maximum atomic E-state index is 12.4. The van der Waals surface area contributed by atoms with Crippen LogP contribution in [-0.2, 0) is 4.74 Å². The van der Waals surface area contributed by atoms with E-state index in [-0.39, 0.29) is 11.9 Å². The molecule has 0 radical (unpaired) electrons. The zero-order chi connectivity index (χ0) is 15.6. The highest BCUT2D eigenvalue weighted by atomic mass is 32.1. The molecule has 1 atom stereocenters. The number of ether oxygens (including phenoxy) is 1. The number of aryl methyl sites for hydroxylation is 1. The molecule has 21 heavy (non-hydrogen) atoms. The lowest BCUT2D eigenvalue weighted by molar-refractivity contribution is 0.0533. The van der Waals surface area contributed by atoms with Gasteiger partial charge in [-0.15, -0.1) is 11.3 Å². The Bertz CT molecular complexity index is 568. The Balaban J connectivity index is 2.38. The van der Waals surface area contributed by atoms with E-state index in [4.69, 9.17) is 4.74 Å². The molecule has 0 spiro atoms. The van der Waals surface area contributed by atoms with Gasteiger partial charge < -0.3 is 15.4 Å². The van der Waals surface area contributed by atoms with Gasteiger partial charge in [-0.1, -0.05) is 13.3 Å². The lowest BCUT2D eigenvalue weighted by Gasteiger charge is -2.37. The Morgan fingerprint density at radius 1 is 1.33 bits per heavy atom. The van der Waals surface area contributed by atoms with Crippen LogP contribution >= 0.6 is 11.3 Å². The second-order valence-corrected chi connectivity index (χ2v) is 6.70. The van der Waals surface area contributed by atoms with Gasteiger partial charge in [-0.3, -0.25) is 4.79 Å².